The molecule has 0 aliphatic carbocycles. The molecule has 1 saturated heterocycles. The van der Waals surface area contributed by atoms with Crippen molar-refractivity contribution in [1.29, 1.82) is 0 Å². The van der Waals surface area contributed by atoms with Gasteiger partial charge in [-0.25, -0.2) is 27.7 Å². The summed E-state index contributed by atoms with van der Waals surface area (Å²) in [5.41, 5.74) is 4.58. The highest BCUT2D eigenvalue weighted by atomic mass is 32.2. The normalized spacial score (nSPS) is 13.8. The number of nitrogens with zero attached hydrogens (tertiary/aromatic N) is 7. The minimum absolute atomic E-state index is 0.317. The third-order valence-electron chi connectivity index (χ3n) is 9.04. The summed E-state index contributed by atoms with van der Waals surface area (Å²) in [5.74, 6) is 4.50. The molecule has 0 saturated carbocycles. The van der Waals surface area contributed by atoms with Crippen LogP contribution < -0.4 is 24.4 Å². The first kappa shape index (κ1) is 36.5. The van der Waals surface area contributed by atoms with Gasteiger partial charge in [0.15, 0.2) is 5.82 Å². The topological polar surface area (TPSA) is 145 Å². The second kappa shape index (κ2) is 16.3. The van der Waals surface area contributed by atoms with Crippen molar-refractivity contribution in [3.63, 3.8) is 0 Å². The summed E-state index contributed by atoms with van der Waals surface area (Å²) < 4.78 is 41.8. The molecule has 1 N–H and O–H groups in total. The van der Waals surface area contributed by atoms with Crippen molar-refractivity contribution in [2.45, 2.75) is 39.3 Å². The van der Waals surface area contributed by atoms with Gasteiger partial charge in [0, 0.05) is 38.4 Å². The van der Waals surface area contributed by atoms with Gasteiger partial charge in [0.25, 0.3) is 0 Å². The molecule has 0 radical (unpaired) electrons. The maximum Gasteiger partial charge on any atom is 0.229 e. The highest BCUT2D eigenvalue weighted by Crippen LogP contribution is 2.32. The Morgan fingerprint density at radius 3 is 1.96 bits per heavy atom. The van der Waals surface area contributed by atoms with E-state index in [4.69, 9.17) is 34.1 Å². The van der Waals surface area contributed by atoms with E-state index in [1.807, 2.05) is 67.7 Å². The predicted molar refractivity (Wildman–Crippen MR) is 201 cm³/mol. The molecule has 1 aliphatic heterocycles. The number of methoxy groups -OCH3 is 3. The number of nitrogens with one attached hydrogen (secondary N) is 1. The summed E-state index contributed by atoms with van der Waals surface area (Å²) in [6.45, 7) is 3.96. The lowest BCUT2D eigenvalue weighted by molar-refractivity contribution is 0.274. The van der Waals surface area contributed by atoms with E-state index in [9.17, 15) is 8.42 Å². The largest absolute Gasteiger partial charge is 0.497 e. The van der Waals surface area contributed by atoms with Crippen LogP contribution in [-0.2, 0) is 29.5 Å². The number of aromatic nitrogens is 5. The quantitative estimate of drug-likeness (QED) is 0.147. The fourth-order valence-electron chi connectivity index (χ4n) is 6.21. The van der Waals surface area contributed by atoms with Gasteiger partial charge < -0.3 is 24.4 Å². The van der Waals surface area contributed by atoms with Crippen molar-refractivity contribution >= 4 is 27.5 Å². The van der Waals surface area contributed by atoms with Gasteiger partial charge in [-0.2, -0.15) is 9.97 Å². The predicted octanol–water partition coefficient (Wildman–Crippen LogP) is 5.83. The fraction of sp³-hybridized carbons (Fsp3) is 0.342. The number of aryl methyl sites for hydroxylation is 1. The van der Waals surface area contributed by atoms with Crippen molar-refractivity contribution in [2.24, 2.45) is 5.92 Å². The van der Waals surface area contributed by atoms with Gasteiger partial charge in [-0.15, -0.1) is 0 Å². The first-order chi connectivity index (χ1) is 25.1. The molecular weight excluding hydrogens is 681 g/mol. The monoisotopic (exact) mass is 724 g/mol. The number of anilines is 3. The van der Waals surface area contributed by atoms with Gasteiger partial charge >= 0.3 is 0 Å². The molecule has 0 spiro atoms. The summed E-state index contributed by atoms with van der Waals surface area (Å²) in [7, 11) is 1.68. The van der Waals surface area contributed by atoms with Crippen LogP contribution in [0.4, 0.5) is 17.5 Å². The Kier molecular flexibility index (Phi) is 11.5. The minimum atomic E-state index is -3.20. The summed E-state index contributed by atoms with van der Waals surface area (Å²) in [5, 5.41) is 3.40. The zero-order chi connectivity index (χ0) is 36.7. The van der Waals surface area contributed by atoms with Gasteiger partial charge in [0.1, 0.15) is 23.1 Å². The van der Waals surface area contributed by atoms with Gasteiger partial charge in [0.05, 0.1) is 45.0 Å². The van der Waals surface area contributed by atoms with Crippen molar-refractivity contribution in [2.75, 3.05) is 50.9 Å². The summed E-state index contributed by atoms with van der Waals surface area (Å²) >= 11 is 0. The number of hydrogen-bond donors (Lipinski definition) is 1. The van der Waals surface area contributed by atoms with Crippen LogP contribution in [0.1, 0.15) is 35.4 Å². The zero-order valence-electron chi connectivity index (χ0n) is 30.1. The van der Waals surface area contributed by atoms with Crippen LogP contribution in [0.3, 0.4) is 0 Å². The molecular formula is C38H44N8O5S. The number of pyridine rings is 2. The summed E-state index contributed by atoms with van der Waals surface area (Å²) in [6, 6.07) is 21.6. The first-order valence-corrected chi connectivity index (χ1v) is 18.9. The molecule has 4 heterocycles. The maximum atomic E-state index is 12.1. The summed E-state index contributed by atoms with van der Waals surface area (Å²) in [4.78, 5) is 26.1. The number of ether oxygens (including phenoxy) is 3. The summed E-state index contributed by atoms with van der Waals surface area (Å²) in [6.07, 6.45) is 7.12. The van der Waals surface area contributed by atoms with E-state index in [0.717, 1.165) is 53.1 Å². The average molecular weight is 725 g/mol. The Morgan fingerprint density at radius 1 is 0.788 bits per heavy atom. The third-order valence-corrected chi connectivity index (χ3v) is 10.3. The molecule has 0 bridgehead atoms. The van der Waals surface area contributed by atoms with Crippen LogP contribution in [0.25, 0.3) is 11.4 Å². The molecule has 3 aromatic heterocycles. The number of sulfonamides is 1. The second-order valence-electron chi connectivity index (χ2n) is 12.8. The Hall–Kier alpha value is -5.34. The lowest BCUT2D eigenvalue weighted by atomic mass is 9.91. The van der Waals surface area contributed by atoms with Crippen LogP contribution in [0, 0.1) is 12.8 Å². The molecule has 1 aliphatic rings. The minimum Gasteiger partial charge on any atom is -0.497 e. The SMILES string of the molecule is COc1ccc(CN(Cc2ccc(OC)cc2)c2nc(C)nc(-c3cc(CC4CCN(S(C)(=O)=O)CC4)cnc3Nc3ccc(OC)nc3)n2)cc1. The molecule has 0 atom stereocenters. The maximum absolute atomic E-state index is 12.1. The average Bonchev–Trinajstić information content (AvgIpc) is 3.15. The second-order valence-corrected chi connectivity index (χ2v) is 14.8. The Bertz CT molecular complexity index is 2010. The number of piperidine rings is 1. The van der Waals surface area contributed by atoms with E-state index < -0.39 is 10.0 Å². The molecule has 0 unspecified atom stereocenters. The van der Waals surface area contributed by atoms with Gasteiger partial charge in [-0.3, -0.25) is 0 Å². The Labute approximate surface area is 305 Å². The van der Waals surface area contributed by atoms with E-state index in [2.05, 4.69) is 21.3 Å². The van der Waals surface area contributed by atoms with Gasteiger partial charge in [0.2, 0.25) is 21.9 Å². The number of hydrogen-bond acceptors (Lipinski definition) is 12. The van der Waals surface area contributed by atoms with Crippen molar-refractivity contribution in [3.05, 3.63) is 102 Å². The standard InChI is InChI=1S/C38H44N8O5S/c1-26-41-37(44-38(42-26)45(24-28-6-11-32(49-2)12-7-28)25-29-8-13-33(50-3)14-9-29)34-21-30(20-27-16-18-46(19-17-27)52(5,47)48)22-40-36(34)43-31-10-15-35(51-4)39-23-31/h6-15,21-23,27H,16-20,24-25H2,1-5H3,(H,40,43). The van der Waals surface area contributed by atoms with Crippen molar-refractivity contribution < 1.29 is 22.6 Å². The molecule has 272 valence electrons. The van der Waals surface area contributed by atoms with E-state index in [0.29, 0.717) is 67.0 Å². The molecule has 13 nitrogen and oxygen atoms in total. The number of rotatable bonds is 14. The zero-order valence-corrected chi connectivity index (χ0v) is 30.9. The van der Waals surface area contributed by atoms with E-state index in [1.165, 1.54) is 6.26 Å². The van der Waals surface area contributed by atoms with Crippen LogP contribution >= 0.6 is 0 Å². The van der Waals surface area contributed by atoms with E-state index in [1.54, 1.807) is 37.9 Å². The molecule has 1 fully saturated rings. The van der Waals surface area contributed by atoms with Crippen LogP contribution in [-0.4, -0.2) is 78.3 Å². The van der Waals surface area contributed by atoms with Crippen molar-refractivity contribution in [1.82, 2.24) is 29.2 Å². The highest BCUT2D eigenvalue weighted by molar-refractivity contribution is 7.88. The molecule has 6 rings (SSSR count). The lowest BCUT2D eigenvalue weighted by Crippen LogP contribution is -2.38. The fourth-order valence-corrected chi connectivity index (χ4v) is 7.08. The Balaban J connectivity index is 1.36. The smallest absolute Gasteiger partial charge is 0.229 e. The molecule has 5 aromatic rings. The lowest BCUT2D eigenvalue weighted by Gasteiger charge is -2.30. The van der Waals surface area contributed by atoms with Crippen LogP contribution in [0.2, 0.25) is 0 Å². The van der Waals surface area contributed by atoms with Gasteiger partial charge in [-0.05, 0) is 85.2 Å². The van der Waals surface area contributed by atoms with E-state index >= 15 is 0 Å². The molecule has 14 heteroatoms. The molecule has 2 aromatic carbocycles. The van der Waals surface area contributed by atoms with E-state index in [-0.39, 0.29) is 0 Å². The van der Waals surface area contributed by atoms with Crippen LogP contribution in [0.15, 0.2) is 79.1 Å². The van der Waals surface area contributed by atoms with Gasteiger partial charge in [-0.1, -0.05) is 24.3 Å². The molecule has 0 amide bonds. The number of benzene rings is 2. The highest BCUT2D eigenvalue weighted by Gasteiger charge is 2.26. The van der Waals surface area contributed by atoms with Crippen molar-refractivity contribution in [3.8, 4) is 28.8 Å². The third kappa shape index (κ3) is 9.30. The van der Waals surface area contributed by atoms with Crippen LogP contribution in [0.5, 0.6) is 17.4 Å². The Morgan fingerprint density at radius 2 is 1.42 bits per heavy atom. The molecule has 52 heavy (non-hydrogen) atoms. The first-order valence-electron chi connectivity index (χ1n) is 17.0.